The van der Waals surface area contributed by atoms with E-state index in [-0.39, 0.29) is 69.0 Å². The van der Waals surface area contributed by atoms with Crippen LogP contribution in [0.15, 0.2) is 252 Å². The van der Waals surface area contributed by atoms with Gasteiger partial charge in [0.15, 0.2) is 5.78 Å². The Hall–Kier alpha value is -11.2. The number of rotatable bonds is 23. The SMILES string of the molecule is CC(Nc1ccccn1)c1ccc(/C=C/C(=O)O)cc1C(F)(F)F.CCOC(=O)/C=C/B1OC(C)(C)C(C)(C)O1.CNCc1ccccn1.FC(F)(F)c1cc(Br)ccc1CBr.FC(F)(F)c1cc(Br)ccc1CNc1ccccn1.NC(c1cccc(C(F)(F)F)c1)C(F)(F)F.O=C(/C=C/c1ccc(CNc2ccccn2)c(C(F)(F)F)c1)CC(c1cccc(C(F)(F)F)c1)C(F)(F)F. The molecule has 11 rings (SSSR count). The third kappa shape index (κ3) is 39.6. The fourth-order valence-corrected chi connectivity index (χ4v) is 12.7. The van der Waals surface area contributed by atoms with Crippen molar-refractivity contribution >= 4 is 102 Å². The predicted octanol–water partition coefficient (Wildman–Crippen LogP) is 27.1. The molecule has 728 valence electrons. The zero-order valence-corrected chi connectivity index (χ0v) is 76.5. The molecule has 44 heteroatoms. The molecule has 1 aliphatic rings. The highest BCUT2D eigenvalue weighted by Gasteiger charge is 2.51. The van der Waals surface area contributed by atoms with E-state index in [0.717, 1.165) is 85.1 Å². The van der Waals surface area contributed by atoms with Crippen LogP contribution in [-0.2, 0) is 90.5 Å². The molecule has 10 aromatic rings. The van der Waals surface area contributed by atoms with Gasteiger partial charge in [-0.2, -0.15) is 105 Å². The molecule has 0 aliphatic carbocycles. The normalized spacial score (nSPS) is 13.9. The molecule has 1 saturated heterocycles. The van der Waals surface area contributed by atoms with Gasteiger partial charge in [0.2, 0.25) is 0 Å². The number of hydrogen-bond donors (Lipinski definition) is 6. The molecular weight excluding hydrogens is 2040 g/mol. The van der Waals surface area contributed by atoms with Crippen molar-refractivity contribution in [2.75, 3.05) is 29.6 Å². The molecule has 3 atom stereocenters. The van der Waals surface area contributed by atoms with Crippen LogP contribution in [0.3, 0.4) is 0 Å². The molecule has 135 heavy (non-hydrogen) atoms. The number of ketones is 1. The van der Waals surface area contributed by atoms with E-state index in [0.29, 0.717) is 63.3 Å². The minimum atomic E-state index is -5.04. The van der Waals surface area contributed by atoms with Crippen LogP contribution in [-0.4, -0.2) is 87.1 Å². The van der Waals surface area contributed by atoms with Crippen molar-refractivity contribution in [2.24, 2.45) is 5.73 Å². The second-order valence-corrected chi connectivity index (χ2v) is 31.7. The Morgan fingerprint density at radius 3 is 1.33 bits per heavy atom. The number of aliphatic carboxylic acids is 1. The third-order valence-corrected chi connectivity index (χ3v) is 20.3. The Kier molecular flexibility index (Phi) is 43.3. The molecule has 0 amide bonds. The highest BCUT2D eigenvalue weighted by molar-refractivity contribution is 9.10. The molecule has 1 fully saturated rings. The van der Waals surface area contributed by atoms with E-state index >= 15 is 0 Å². The summed E-state index contributed by atoms with van der Waals surface area (Å²) in [4.78, 5) is 50.0. The number of pyridine rings is 4. The summed E-state index contributed by atoms with van der Waals surface area (Å²) in [5.74, 6) is -2.34. The number of nitrogens with one attached hydrogen (secondary N) is 4. The fraction of sp³-hybridized carbons (Fsp3) is 0.286. The number of carbonyl (C=O) groups is 3. The Balaban J connectivity index is 0.000000291. The van der Waals surface area contributed by atoms with E-state index in [1.54, 1.807) is 105 Å². The molecule has 4 aromatic heterocycles. The van der Waals surface area contributed by atoms with Crippen molar-refractivity contribution in [3.63, 3.8) is 0 Å². The summed E-state index contributed by atoms with van der Waals surface area (Å²) in [5, 5.41) is 20.3. The fourth-order valence-electron chi connectivity index (χ4n) is 11.4. The molecule has 1 aliphatic heterocycles. The second-order valence-electron chi connectivity index (χ2n) is 29.3. The van der Waals surface area contributed by atoms with Crippen LogP contribution in [0.2, 0.25) is 0 Å². The van der Waals surface area contributed by atoms with Gasteiger partial charge in [0.25, 0.3) is 0 Å². The van der Waals surface area contributed by atoms with Crippen LogP contribution in [0, 0.1) is 0 Å². The van der Waals surface area contributed by atoms with Crippen LogP contribution >= 0.6 is 47.8 Å². The number of nitrogens with zero attached hydrogens (tertiary/aromatic N) is 4. The predicted molar refractivity (Wildman–Crippen MR) is 472 cm³/mol. The van der Waals surface area contributed by atoms with E-state index in [1.165, 1.54) is 42.6 Å². The maximum atomic E-state index is 13.6. The first-order valence-electron chi connectivity index (χ1n) is 39.4. The molecule has 3 unspecified atom stereocenters. The first-order chi connectivity index (χ1) is 62.7. The van der Waals surface area contributed by atoms with E-state index in [1.807, 2.05) is 52.9 Å². The van der Waals surface area contributed by atoms with Gasteiger partial charge in [-0.05, 0) is 214 Å². The van der Waals surface area contributed by atoms with Gasteiger partial charge in [-0.15, -0.1) is 0 Å². The number of allylic oxidation sites excluding steroid dienone is 1. The number of nitrogens with two attached hydrogens (primary N) is 1. The second kappa shape index (κ2) is 51.1. The van der Waals surface area contributed by atoms with Crippen LogP contribution < -0.4 is 27.0 Å². The highest BCUT2D eigenvalue weighted by atomic mass is 79.9. The number of alkyl halides is 25. The standard InChI is InChI=1S/C26H19F9N2O.C17H15F3N2O2.C13H10BrF3N2.C11H19BO4.C9H7F6N.C8H5Br2F3.C7H10N2/c27-24(28,29)19-5-3-4-17(13-19)22(26(33,34)35)14-20(38)10-8-16-7-9-18(21(12-16)25(30,31)32)15-37-23-6-1-2-11-36-23;1-11(22-15-4-2-3-9-21-15)13-7-5-12(6-8-16(23)24)10-14(13)17(18,19)20;14-10-5-4-9(11(7-10)13(15,16)17)8-19-12-3-1-2-6-18-12;1-6-14-9(13)7-8-12-15-10(2,3)11(4,5)16-12;10-8(11,12)6-3-1-2-5(4-6)7(16)9(13,14)15;9-4-5-1-2-6(10)3-7(5)8(11,12)13;1-8-6-7-4-2-3-5-9-7/h1-13,22H,14-15H2,(H,36,37);2-11H,1H3,(H,21,22)(H,23,24);1-7H,8H2,(H,18,19);7-8H,6H2,1-5H3;1-4,7H,16H2;1-3H,4H2;2-5,8H,6H2,1H3/b10-8+;8-6+;;8-7+;;;. The summed E-state index contributed by atoms with van der Waals surface area (Å²) >= 11 is 9.06. The van der Waals surface area contributed by atoms with Crippen molar-refractivity contribution in [3.05, 3.63) is 336 Å². The number of carboxylic acids is 1. The average Bonchev–Trinajstić information content (AvgIpc) is 0.911. The van der Waals surface area contributed by atoms with Crippen LogP contribution in [0.5, 0.6) is 0 Å². The molecule has 0 bridgehead atoms. The Bertz CT molecular complexity index is 5490. The van der Waals surface area contributed by atoms with Gasteiger partial charge in [-0.3, -0.25) is 9.78 Å². The summed E-state index contributed by atoms with van der Waals surface area (Å²) < 4.78 is 326. The molecule has 5 heterocycles. The monoisotopic (exact) mass is 2120 g/mol. The zero-order valence-electron chi connectivity index (χ0n) is 71.8. The number of esters is 1. The first-order valence-corrected chi connectivity index (χ1v) is 42.1. The number of anilines is 3. The van der Waals surface area contributed by atoms with Gasteiger partial charge in [0.05, 0.1) is 68.8 Å². The molecule has 7 N–H and O–H groups in total. The average molecular weight is 2120 g/mol. The topological polar surface area (TPSA) is 225 Å². The van der Waals surface area contributed by atoms with Gasteiger partial charge in [-0.1, -0.05) is 145 Å². The summed E-state index contributed by atoms with van der Waals surface area (Å²) in [7, 11) is 1.42. The van der Waals surface area contributed by atoms with Crippen molar-refractivity contribution in [2.45, 2.75) is 152 Å². The number of halogens is 27. The van der Waals surface area contributed by atoms with Gasteiger partial charge >= 0.3 is 68.5 Å². The summed E-state index contributed by atoms with van der Waals surface area (Å²) in [5.41, 5.74) is -1.36. The van der Waals surface area contributed by atoms with E-state index in [2.05, 4.69) is 89.0 Å². The number of aromatic nitrogens is 4. The van der Waals surface area contributed by atoms with Crippen LogP contribution in [0.4, 0.5) is 123 Å². The third-order valence-electron chi connectivity index (χ3n) is 18.7. The van der Waals surface area contributed by atoms with Gasteiger partial charge in [0, 0.05) is 77.3 Å². The Morgan fingerprint density at radius 2 is 0.904 bits per heavy atom. The summed E-state index contributed by atoms with van der Waals surface area (Å²) in [6.45, 7) is 12.3. The lowest BCUT2D eigenvalue weighted by Gasteiger charge is -2.32. The lowest BCUT2D eigenvalue weighted by atomic mass is 9.90. The minimum Gasteiger partial charge on any atom is -0.478 e. The van der Waals surface area contributed by atoms with E-state index in [9.17, 15) is 120 Å². The number of carbonyl (C=O) groups excluding carboxylic acids is 2. The zero-order chi connectivity index (χ0) is 101. The summed E-state index contributed by atoms with van der Waals surface area (Å²) in [6.07, 6.45) is -27.3. The molecule has 6 aromatic carbocycles. The lowest BCUT2D eigenvalue weighted by molar-refractivity contribution is -0.156. The van der Waals surface area contributed by atoms with Gasteiger partial charge < -0.3 is 46.2 Å². The Morgan fingerprint density at radius 1 is 0.481 bits per heavy atom. The van der Waals surface area contributed by atoms with E-state index < -0.39 is 137 Å². The quantitative estimate of drug-likeness (QED) is 0.0115. The largest absolute Gasteiger partial charge is 0.487 e. The Labute approximate surface area is 784 Å². The molecule has 0 saturated carbocycles. The molecular formula is C91H85BBr3F24N9O7. The van der Waals surface area contributed by atoms with Crippen molar-refractivity contribution in [1.29, 1.82) is 0 Å². The van der Waals surface area contributed by atoms with Crippen LogP contribution in [0.1, 0.15) is 150 Å². The number of hydrogen-bond acceptors (Lipinski definition) is 15. The molecule has 0 radical (unpaired) electrons. The maximum Gasteiger partial charge on any atom is 0.487 e. The highest BCUT2D eigenvalue weighted by Crippen LogP contribution is 2.44. The lowest BCUT2D eigenvalue weighted by Crippen LogP contribution is -2.41. The minimum absolute atomic E-state index is 0.0561. The van der Waals surface area contributed by atoms with E-state index in [4.69, 9.17) is 24.9 Å². The van der Waals surface area contributed by atoms with Crippen LogP contribution in [0.25, 0.3) is 12.2 Å². The van der Waals surface area contributed by atoms with Crippen molar-refractivity contribution in [3.8, 4) is 0 Å². The molecule has 16 nitrogen and oxygen atoms in total. The number of ether oxygens (including phenoxy) is 1. The van der Waals surface area contributed by atoms with Crippen molar-refractivity contribution < 1.29 is 139 Å². The van der Waals surface area contributed by atoms with Gasteiger partial charge in [0.1, 0.15) is 23.5 Å². The smallest absolute Gasteiger partial charge is 0.478 e. The maximum absolute atomic E-state index is 13.6. The first kappa shape index (κ1) is 114. The summed E-state index contributed by atoms with van der Waals surface area (Å²) in [6, 6.07) is 38.5. The van der Waals surface area contributed by atoms with Crippen molar-refractivity contribution in [1.82, 2.24) is 25.3 Å². The number of benzene rings is 6. The number of carboxylic acid groups (broad SMARTS) is 1. The molecule has 0 spiro atoms. The van der Waals surface area contributed by atoms with Gasteiger partial charge in [-0.25, -0.2) is 24.5 Å².